The van der Waals surface area contributed by atoms with Gasteiger partial charge in [-0.15, -0.1) is 5.10 Å². The average Bonchev–Trinajstić information content (AvgIpc) is 2.94. The Morgan fingerprint density at radius 2 is 2.22 bits per heavy atom. The highest BCUT2D eigenvalue weighted by molar-refractivity contribution is 5.39. The SMILES string of the molecule is CC(O)c1cn(Cc2cn3ccccc3n2)nn1. The third-order valence-electron chi connectivity index (χ3n) is 2.72. The van der Waals surface area contributed by atoms with Crippen molar-refractivity contribution >= 4 is 5.65 Å². The van der Waals surface area contributed by atoms with Crippen LogP contribution in [-0.2, 0) is 6.54 Å². The van der Waals surface area contributed by atoms with Gasteiger partial charge in [-0.05, 0) is 19.1 Å². The first-order chi connectivity index (χ1) is 8.72. The number of imidazole rings is 1. The molecule has 0 fully saturated rings. The Hall–Kier alpha value is -2.21. The summed E-state index contributed by atoms with van der Waals surface area (Å²) in [6.07, 6.45) is 5.04. The van der Waals surface area contributed by atoms with Crippen LogP contribution in [0.25, 0.3) is 5.65 Å². The Labute approximate surface area is 104 Å². The van der Waals surface area contributed by atoms with Gasteiger partial charge in [-0.25, -0.2) is 9.67 Å². The van der Waals surface area contributed by atoms with E-state index >= 15 is 0 Å². The molecule has 3 rings (SSSR count). The van der Waals surface area contributed by atoms with Crippen LogP contribution in [0.5, 0.6) is 0 Å². The van der Waals surface area contributed by atoms with Gasteiger partial charge in [0.05, 0.1) is 24.5 Å². The molecule has 0 aliphatic carbocycles. The number of hydrogen-bond acceptors (Lipinski definition) is 4. The lowest BCUT2D eigenvalue weighted by molar-refractivity contribution is 0.194. The van der Waals surface area contributed by atoms with Crippen LogP contribution in [0.15, 0.2) is 36.8 Å². The van der Waals surface area contributed by atoms with Crippen molar-refractivity contribution in [2.45, 2.75) is 19.6 Å². The molecular weight excluding hydrogens is 230 g/mol. The molecule has 92 valence electrons. The summed E-state index contributed by atoms with van der Waals surface area (Å²) in [7, 11) is 0. The van der Waals surface area contributed by atoms with E-state index in [-0.39, 0.29) is 0 Å². The van der Waals surface area contributed by atoms with E-state index in [1.807, 2.05) is 35.0 Å². The fraction of sp³-hybridized carbons (Fsp3) is 0.250. The quantitative estimate of drug-likeness (QED) is 0.746. The Morgan fingerprint density at radius 3 is 2.94 bits per heavy atom. The maximum Gasteiger partial charge on any atom is 0.137 e. The van der Waals surface area contributed by atoms with Crippen LogP contribution in [0.1, 0.15) is 24.4 Å². The highest BCUT2D eigenvalue weighted by Crippen LogP contribution is 2.09. The molecule has 0 bridgehead atoms. The van der Waals surface area contributed by atoms with Crippen molar-refractivity contribution in [2.75, 3.05) is 0 Å². The molecular formula is C12H13N5O. The molecule has 0 saturated heterocycles. The lowest BCUT2D eigenvalue weighted by Gasteiger charge is -1.96. The van der Waals surface area contributed by atoms with Gasteiger partial charge in [-0.2, -0.15) is 0 Å². The molecule has 6 heteroatoms. The number of rotatable bonds is 3. The number of aliphatic hydroxyl groups is 1. The van der Waals surface area contributed by atoms with Gasteiger partial charge >= 0.3 is 0 Å². The van der Waals surface area contributed by atoms with Crippen molar-refractivity contribution < 1.29 is 5.11 Å². The van der Waals surface area contributed by atoms with Crippen molar-refractivity contribution in [3.63, 3.8) is 0 Å². The second-order valence-corrected chi connectivity index (χ2v) is 4.22. The third-order valence-corrected chi connectivity index (χ3v) is 2.72. The number of nitrogens with zero attached hydrogens (tertiary/aromatic N) is 5. The minimum absolute atomic E-state index is 0.543. The molecule has 18 heavy (non-hydrogen) atoms. The van der Waals surface area contributed by atoms with E-state index in [2.05, 4.69) is 15.3 Å². The van der Waals surface area contributed by atoms with Crippen molar-refractivity contribution in [1.29, 1.82) is 0 Å². The third kappa shape index (κ3) is 1.98. The van der Waals surface area contributed by atoms with Gasteiger partial charge in [0.2, 0.25) is 0 Å². The summed E-state index contributed by atoms with van der Waals surface area (Å²) in [6, 6.07) is 5.86. The van der Waals surface area contributed by atoms with E-state index in [1.54, 1.807) is 17.8 Å². The van der Waals surface area contributed by atoms with Crippen LogP contribution in [-0.4, -0.2) is 29.5 Å². The lowest BCUT2D eigenvalue weighted by Crippen LogP contribution is -2.00. The maximum atomic E-state index is 9.38. The molecule has 0 spiro atoms. The molecule has 6 nitrogen and oxygen atoms in total. The van der Waals surface area contributed by atoms with E-state index in [1.165, 1.54) is 0 Å². The summed E-state index contributed by atoms with van der Waals surface area (Å²) in [4.78, 5) is 4.47. The number of hydrogen-bond donors (Lipinski definition) is 1. The zero-order valence-corrected chi connectivity index (χ0v) is 9.93. The van der Waals surface area contributed by atoms with Crippen LogP contribution in [0.4, 0.5) is 0 Å². The highest BCUT2D eigenvalue weighted by Gasteiger charge is 2.08. The molecule has 0 radical (unpaired) electrons. The summed E-state index contributed by atoms with van der Waals surface area (Å²) >= 11 is 0. The van der Waals surface area contributed by atoms with Gasteiger partial charge in [-0.3, -0.25) is 0 Å². The van der Waals surface area contributed by atoms with Crippen LogP contribution < -0.4 is 0 Å². The van der Waals surface area contributed by atoms with Crippen LogP contribution >= 0.6 is 0 Å². The zero-order chi connectivity index (χ0) is 12.5. The smallest absolute Gasteiger partial charge is 0.137 e. The molecule has 1 atom stereocenters. The number of fused-ring (bicyclic) bond motifs is 1. The van der Waals surface area contributed by atoms with Crippen molar-refractivity contribution in [3.8, 4) is 0 Å². The molecule has 3 heterocycles. The summed E-state index contributed by atoms with van der Waals surface area (Å²) < 4.78 is 3.63. The fourth-order valence-corrected chi connectivity index (χ4v) is 1.81. The van der Waals surface area contributed by atoms with Gasteiger partial charge in [-0.1, -0.05) is 11.3 Å². The Kier molecular flexibility index (Phi) is 2.56. The second kappa shape index (κ2) is 4.23. The van der Waals surface area contributed by atoms with E-state index < -0.39 is 6.10 Å². The standard InChI is InChI=1S/C12H13N5O/c1-9(18)11-8-17(15-14-11)7-10-6-16-5-3-2-4-12(16)13-10/h2-6,8-9,18H,7H2,1H3. The number of aliphatic hydroxyl groups excluding tert-OH is 1. The second-order valence-electron chi connectivity index (χ2n) is 4.22. The maximum absolute atomic E-state index is 9.38. The molecule has 0 aromatic carbocycles. The molecule has 0 aliphatic heterocycles. The topological polar surface area (TPSA) is 68.2 Å². The van der Waals surface area contributed by atoms with Crippen molar-refractivity contribution in [2.24, 2.45) is 0 Å². The fourth-order valence-electron chi connectivity index (χ4n) is 1.81. The largest absolute Gasteiger partial charge is 0.387 e. The van der Waals surface area contributed by atoms with Crippen molar-refractivity contribution in [3.05, 3.63) is 48.2 Å². The van der Waals surface area contributed by atoms with Crippen LogP contribution in [0, 0.1) is 0 Å². The molecule has 3 aromatic heterocycles. The normalized spacial score (nSPS) is 13.0. The molecule has 0 aliphatic rings. The Balaban J connectivity index is 1.86. The molecule has 3 aromatic rings. The van der Waals surface area contributed by atoms with Gasteiger partial charge in [0.1, 0.15) is 11.3 Å². The van der Waals surface area contributed by atoms with Crippen LogP contribution in [0.3, 0.4) is 0 Å². The number of aromatic nitrogens is 5. The average molecular weight is 243 g/mol. The minimum atomic E-state index is -0.597. The monoisotopic (exact) mass is 243 g/mol. The first-order valence-electron chi connectivity index (χ1n) is 5.73. The van der Waals surface area contributed by atoms with E-state index in [0.29, 0.717) is 12.2 Å². The van der Waals surface area contributed by atoms with Crippen LogP contribution in [0.2, 0.25) is 0 Å². The van der Waals surface area contributed by atoms with E-state index in [4.69, 9.17) is 0 Å². The predicted molar refractivity (Wildman–Crippen MR) is 64.9 cm³/mol. The summed E-state index contributed by atoms with van der Waals surface area (Å²) in [5.74, 6) is 0. The van der Waals surface area contributed by atoms with E-state index in [0.717, 1.165) is 11.3 Å². The predicted octanol–water partition coefficient (Wildman–Crippen LogP) is 1.03. The molecule has 1 N–H and O–H groups in total. The zero-order valence-electron chi connectivity index (χ0n) is 9.93. The first kappa shape index (κ1) is 10.9. The number of pyridine rings is 1. The Bertz CT molecular complexity index is 637. The van der Waals surface area contributed by atoms with Gasteiger partial charge < -0.3 is 9.51 Å². The van der Waals surface area contributed by atoms with Gasteiger partial charge in [0, 0.05) is 12.4 Å². The molecule has 1 unspecified atom stereocenters. The van der Waals surface area contributed by atoms with Crippen molar-refractivity contribution in [1.82, 2.24) is 24.4 Å². The highest BCUT2D eigenvalue weighted by atomic mass is 16.3. The summed E-state index contributed by atoms with van der Waals surface area (Å²) in [5.41, 5.74) is 2.38. The minimum Gasteiger partial charge on any atom is -0.387 e. The van der Waals surface area contributed by atoms with E-state index in [9.17, 15) is 5.11 Å². The summed E-state index contributed by atoms with van der Waals surface area (Å²) in [6.45, 7) is 2.21. The first-order valence-corrected chi connectivity index (χ1v) is 5.73. The molecule has 0 amide bonds. The van der Waals surface area contributed by atoms with Gasteiger partial charge in [0.25, 0.3) is 0 Å². The van der Waals surface area contributed by atoms with Gasteiger partial charge in [0.15, 0.2) is 0 Å². The Morgan fingerprint density at radius 1 is 1.33 bits per heavy atom. The summed E-state index contributed by atoms with van der Waals surface area (Å²) in [5, 5.41) is 17.2. The molecule has 0 saturated carbocycles. The lowest BCUT2D eigenvalue weighted by atomic mass is 10.3.